The molecule has 0 atom stereocenters. The molecule has 0 saturated carbocycles. The van der Waals surface area contributed by atoms with Crippen LogP contribution < -0.4 is 10.1 Å². The van der Waals surface area contributed by atoms with E-state index in [9.17, 15) is 4.39 Å². The average molecular weight is 415 g/mol. The van der Waals surface area contributed by atoms with Crippen LogP contribution in [0.15, 0.2) is 39.3 Å². The molecular weight excluding hydrogens is 401 g/mol. The van der Waals surface area contributed by atoms with E-state index in [4.69, 9.17) is 4.74 Å². The van der Waals surface area contributed by atoms with Gasteiger partial charge in [-0.1, -0.05) is 37.9 Å². The van der Waals surface area contributed by atoms with Gasteiger partial charge < -0.3 is 10.1 Å². The predicted octanol–water partition coefficient (Wildman–Crippen LogP) is 4.58. The van der Waals surface area contributed by atoms with Crippen LogP contribution in [0.3, 0.4) is 0 Å². The Labute approximate surface area is 140 Å². The monoisotopic (exact) mass is 413 g/mol. The van der Waals surface area contributed by atoms with E-state index in [0.29, 0.717) is 18.7 Å². The molecule has 21 heavy (non-hydrogen) atoms. The summed E-state index contributed by atoms with van der Waals surface area (Å²) in [5.74, 6) is 0.773. The van der Waals surface area contributed by atoms with E-state index >= 15 is 0 Å². The molecule has 1 aliphatic rings. The van der Waals surface area contributed by atoms with Crippen LogP contribution in [-0.2, 0) is 19.5 Å². The number of ether oxygens (including phenoxy) is 1. The maximum Gasteiger partial charge on any atom is 0.128 e. The first-order chi connectivity index (χ1) is 10.1. The third kappa shape index (κ3) is 3.47. The van der Waals surface area contributed by atoms with Crippen LogP contribution in [0.1, 0.15) is 16.7 Å². The molecule has 0 aromatic heterocycles. The number of nitrogens with one attached hydrogen (secondary N) is 1. The number of rotatable bonds is 4. The van der Waals surface area contributed by atoms with Crippen molar-refractivity contribution in [3.8, 4) is 5.75 Å². The molecule has 110 valence electrons. The molecule has 1 N–H and O–H groups in total. The number of hydrogen-bond acceptors (Lipinski definition) is 2. The molecule has 1 heterocycles. The van der Waals surface area contributed by atoms with E-state index < -0.39 is 0 Å². The van der Waals surface area contributed by atoms with Crippen molar-refractivity contribution in [2.45, 2.75) is 19.5 Å². The van der Waals surface area contributed by atoms with E-state index in [-0.39, 0.29) is 5.82 Å². The Balaban J connectivity index is 1.68. The first-order valence-corrected chi connectivity index (χ1v) is 8.31. The van der Waals surface area contributed by atoms with Gasteiger partial charge in [0.1, 0.15) is 11.6 Å². The van der Waals surface area contributed by atoms with Crippen LogP contribution in [-0.4, -0.2) is 6.61 Å². The van der Waals surface area contributed by atoms with E-state index in [1.165, 1.54) is 11.6 Å². The van der Waals surface area contributed by atoms with Crippen LogP contribution in [0, 0.1) is 5.82 Å². The first-order valence-electron chi connectivity index (χ1n) is 6.72. The summed E-state index contributed by atoms with van der Waals surface area (Å²) in [6, 6.07) is 9.26. The minimum Gasteiger partial charge on any atom is -0.493 e. The fourth-order valence-electron chi connectivity index (χ4n) is 2.47. The molecule has 5 heteroatoms. The molecule has 0 saturated heterocycles. The fourth-order valence-corrected chi connectivity index (χ4v) is 3.36. The van der Waals surface area contributed by atoms with Crippen molar-refractivity contribution in [2.75, 3.05) is 6.61 Å². The lowest BCUT2D eigenvalue weighted by atomic mass is 10.1. The average Bonchev–Trinajstić information content (AvgIpc) is 2.89. The summed E-state index contributed by atoms with van der Waals surface area (Å²) in [6.07, 6.45) is 0.948. The standard InChI is InChI=1S/C16H14Br2FNO/c17-13-2-1-11(15(19)7-13)8-20-9-12-6-14(18)5-10-3-4-21-16(10)12/h1-2,5-7,20H,3-4,8-9H2. The molecule has 0 spiro atoms. The molecule has 0 bridgehead atoms. The Morgan fingerprint density at radius 1 is 1.05 bits per heavy atom. The third-order valence-electron chi connectivity index (χ3n) is 3.47. The van der Waals surface area contributed by atoms with Crippen LogP contribution in [0.2, 0.25) is 0 Å². The zero-order chi connectivity index (χ0) is 14.8. The van der Waals surface area contributed by atoms with E-state index in [2.05, 4.69) is 49.3 Å². The lowest BCUT2D eigenvalue weighted by molar-refractivity contribution is 0.352. The van der Waals surface area contributed by atoms with Crippen molar-refractivity contribution in [2.24, 2.45) is 0 Å². The summed E-state index contributed by atoms with van der Waals surface area (Å²) in [4.78, 5) is 0. The van der Waals surface area contributed by atoms with Gasteiger partial charge in [-0.3, -0.25) is 0 Å². The van der Waals surface area contributed by atoms with Gasteiger partial charge in [0.05, 0.1) is 6.61 Å². The van der Waals surface area contributed by atoms with Gasteiger partial charge in [-0.15, -0.1) is 0 Å². The highest BCUT2D eigenvalue weighted by molar-refractivity contribution is 9.10. The van der Waals surface area contributed by atoms with Crippen LogP contribution in [0.4, 0.5) is 4.39 Å². The lowest BCUT2D eigenvalue weighted by Crippen LogP contribution is -2.14. The Kier molecular flexibility index (Phi) is 4.62. The third-order valence-corrected chi connectivity index (χ3v) is 4.42. The largest absolute Gasteiger partial charge is 0.493 e. The highest BCUT2D eigenvalue weighted by Gasteiger charge is 2.17. The Morgan fingerprint density at radius 2 is 1.86 bits per heavy atom. The minimum absolute atomic E-state index is 0.201. The second kappa shape index (κ2) is 6.46. The minimum atomic E-state index is -0.201. The number of benzene rings is 2. The molecule has 0 unspecified atom stereocenters. The molecule has 2 aromatic carbocycles. The number of hydrogen-bond donors (Lipinski definition) is 1. The SMILES string of the molecule is Fc1cc(Br)ccc1CNCc1cc(Br)cc2c1OCC2. The normalized spacial score (nSPS) is 13.1. The van der Waals surface area contributed by atoms with Crippen molar-refractivity contribution in [3.05, 3.63) is 61.8 Å². The summed E-state index contributed by atoms with van der Waals surface area (Å²) >= 11 is 6.78. The van der Waals surface area contributed by atoms with Crippen molar-refractivity contribution < 1.29 is 9.13 Å². The molecule has 2 nitrogen and oxygen atoms in total. The Morgan fingerprint density at radius 3 is 2.67 bits per heavy atom. The maximum absolute atomic E-state index is 13.8. The van der Waals surface area contributed by atoms with E-state index in [1.54, 1.807) is 6.07 Å². The number of fused-ring (bicyclic) bond motifs is 1. The van der Waals surface area contributed by atoms with E-state index in [1.807, 2.05) is 6.07 Å². The second-order valence-corrected chi connectivity index (χ2v) is 6.82. The summed E-state index contributed by atoms with van der Waals surface area (Å²) in [5, 5.41) is 3.28. The molecular formula is C16H14Br2FNO. The summed E-state index contributed by atoms with van der Waals surface area (Å²) in [7, 11) is 0. The van der Waals surface area contributed by atoms with Gasteiger partial charge >= 0.3 is 0 Å². The van der Waals surface area contributed by atoms with Gasteiger partial charge in [0.2, 0.25) is 0 Å². The Hall–Kier alpha value is -0.910. The molecule has 2 aromatic rings. The van der Waals surface area contributed by atoms with Gasteiger partial charge in [-0.2, -0.15) is 0 Å². The van der Waals surface area contributed by atoms with Crippen molar-refractivity contribution in [1.82, 2.24) is 5.32 Å². The molecule has 0 fully saturated rings. The molecule has 3 rings (SSSR count). The van der Waals surface area contributed by atoms with Gasteiger partial charge in [0.25, 0.3) is 0 Å². The fraction of sp³-hybridized carbons (Fsp3) is 0.250. The second-order valence-electron chi connectivity index (χ2n) is 4.99. The molecule has 0 radical (unpaired) electrons. The summed E-state index contributed by atoms with van der Waals surface area (Å²) < 4.78 is 21.2. The van der Waals surface area contributed by atoms with Crippen LogP contribution >= 0.6 is 31.9 Å². The molecule has 0 amide bonds. The summed E-state index contributed by atoms with van der Waals surface area (Å²) in [5.41, 5.74) is 3.00. The predicted molar refractivity (Wildman–Crippen MR) is 88.0 cm³/mol. The van der Waals surface area contributed by atoms with Crippen LogP contribution in [0.5, 0.6) is 5.75 Å². The van der Waals surface area contributed by atoms with Crippen molar-refractivity contribution in [3.63, 3.8) is 0 Å². The lowest BCUT2D eigenvalue weighted by Gasteiger charge is -2.11. The van der Waals surface area contributed by atoms with Gasteiger partial charge in [-0.25, -0.2) is 4.39 Å². The molecule has 1 aliphatic heterocycles. The zero-order valence-electron chi connectivity index (χ0n) is 11.3. The Bertz CT molecular complexity index is 676. The zero-order valence-corrected chi connectivity index (χ0v) is 14.4. The van der Waals surface area contributed by atoms with Gasteiger partial charge in [0.15, 0.2) is 0 Å². The highest BCUT2D eigenvalue weighted by Crippen LogP contribution is 2.32. The quantitative estimate of drug-likeness (QED) is 0.790. The number of halogens is 3. The topological polar surface area (TPSA) is 21.3 Å². The maximum atomic E-state index is 13.8. The van der Waals surface area contributed by atoms with Crippen molar-refractivity contribution in [1.29, 1.82) is 0 Å². The van der Waals surface area contributed by atoms with Crippen LogP contribution in [0.25, 0.3) is 0 Å². The summed E-state index contributed by atoms with van der Waals surface area (Å²) in [6.45, 7) is 1.87. The van der Waals surface area contributed by atoms with Gasteiger partial charge in [0, 0.05) is 39.6 Å². The smallest absolute Gasteiger partial charge is 0.128 e. The van der Waals surface area contributed by atoms with Gasteiger partial charge in [-0.05, 0) is 29.8 Å². The molecule has 0 aliphatic carbocycles. The first kappa shape index (κ1) is 15.0. The van der Waals surface area contributed by atoms with Crippen molar-refractivity contribution >= 4 is 31.9 Å². The van der Waals surface area contributed by atoms with E-state index in [0.717, 1.165) is 33.3 Å². The highest BCUT2D eigenvalue weighted by atomic mass is 79.9.